The first-order valence-electron chi connectivity index (χ1n) is 8.12. The van der Waals surface area contributed by atoms with E-state index in [9.17, 15) is 9.59 Å². The highest BCUT2D eigenvalue weighted by Gasteiger charge is 2.23. The van der Waals surface area contributed by atoms with Gasteiger partial charge in [-0.05, 0) is 42.8 Å². The zero-order chi connectivity index (χ0) is 18.7. The number of benzene rings is 2. The first-order valence-corrected chi connectivity index (χ1v) is 9.00. The molecule has 0 saturated carbocycles. The minimum absolute atomic E-state index is 0.0506. The molecule has 0 radical (unpaired) electrons. The molecule has 0 bridgehead atoms. The minimum atomic E-state index is -0.208. The van der Waals surface area contributed by atoms with Crippen molar-refractivity contribution in [2.24, 2.45) is 0 Å². The lowest BCUT2D eigenvalue weighted by Crippen LogP contribution is -2.27. The number of thioether (sulfide) groups is 1. The molecule has 0 spiro atoms. The predicted molar refractivity (Wildman–Crippen MR) is 101 cm³/mol. The molecule has 0 aliphatic carbocycles. The quantitative estimate of drug-likeness (QED) is 0.844. The number of amides is 2. The molecule has 26 heavy (non-hydrogen) atoms. The molecule has 0 unspecified atom stereocenters. The summed E-state index contributed by atoms with van der Waals surface area (Å²) in [7, 11) is 3.15. The van der Waals surface area contributed by atoms with E-state index in [0.29, 0.717) is 29.3 Å². The molecular weight excluding hydrogens is 352 g/mol. The number of carbonyl (C=O) groups excluding carboxylic acids is 2. The molecule has 2 N–H and O–H groups in total. The molecular formula is C19H20N2O4S. The largest absolute Gasteiger partial charge is 0.493 e. The molecule has 1 atom stereocenters. The second-order valence-corrected chi connectivity index (χ2v) is 7.21. The van der Waals surface area contributed by atoms with E-state index in [1.165, 1.54) is 11.8 Å². The van der Waals surface area contributed by atoms with Crippen LogP contribution in [0.1, 0.15) is 22.8 Å². The maximum absolute atomic E-state index is 12.4. The molecule has 0 aromatic heterocycles. The van der Waals surface area contributed by atoms with Crippen molar-refractivity contribution >= 4 is 29.3 Å². The molecule has 1 aliphatic rings. The van der Waals surface area contributed by atoms with Gasteiger partial charge in [-0.2, -0.15) is 0 Å². The van der Waals surface area contributed by atoms with Gasteiger partial charge in [-0.15, -0.1) is 11.8 Å². The molecule has 2 aromatic rings. The summed E-state index contributed by atoms with van der Waals surface area (Å²) < 4.78 is 10.5. The van der Waals surface area contributed by atoms with Crippen LogP contribution in [0.4, 0.5) is 5.69 Å². The SMILES string of the molecule is COc1ccc(CNC(=O)c2ccc3c(c2)NC(=O)[C@H](C)S3)cc1OC. The molecule has 3 rings (SSSR count). The average molecular weight is 372 g/mol. The first-order chi connectivity index (χ1) is 12.5. The number of anilines is 1. The molecule has 0 fully saturated rings. The van der Waals surface area contributed by atoms with Crippen molar-refractivity contribution in [1.29, 1.82) is 0 Å². The van der Waals surface area contributed by atoms with Crippen LogP contribution in [-0.4, -0.2) is 31.3 Å². The Morgan fingerprint density at radius 1 is 1.15 bits per heavy atom. The molecule has 1 aliphatic heterocycles. The van der Waals surface area contributed by atoms with Crippen LogP contribution in [0, 0.1) is 0 Å². The average Bonchev–Trinajstić information content (AvgIpc) is 2.66. The topological polar surface area (TPSA) is 76.7 Å². The van der Waals surface area contributed by atoms with Gasteiger partial charge in [0.1, 0.15) is 0 Å². The van der Waals surface area contributed by atoms with E-state index >= 15 is 0 Å². The van der Waals surface area contributed by atoms with Gasteiger partial charge in [0.2, 0.25) is 5.91 Å². The highest BCUT2D eigenvalue weighted by molar-refractivity contribution is 8.00. The highest BCUT2D eigenvalue weighted by Crippen LogP contribution is 2.36. The van der Waals surface area contributed by atoms with Crippen LogP contribution >= 0.6 is 11.8 Å². The van der Waals surface area contributed by atoms with Gasteiger partial charge in [-0.1, -0.05) is 6.07 Å². The van der Waals surface area contributed by atoms with E-state index in [1.807, 2.05) is 25.1 Å². The Kier molecular flexibility index (Phi) is 5.37. The van der Waals surface area contributed by atoms with Crippen LogP contribution < -0.4 is 20.1 Å². The van der Waals surface area contributed by atoms with Crippen LogP contribution in [0.2, 0.25) is 0 Å². The Labute approximate surface area is 156 Å². The van der Waals surface area contributed by atoms with Crippen LogP contribution in [0.5, 0.6) is 11.5 Å². The third kappa shape index (κ3) is 3.77. The van der Waals surface area contributed by atoms with Gasteiger partial charge < -0.3 is 20.1 Å². The fraction of sp³-hybridized carbons (Fsp3) is 0.263. The van der Waals surface area contributed by atoms with Crippen molar-refractivity contribution in [3.8, 4) is 11.5 Å². The lowest BCUT2D eigenvalue weighted by Gasteiger charge is -2.21. The number of methoxy groups -OCH3 is 2. The molecule has 1 heterocycles. The van der Waals surface area contributed by atoms with Gasteiger partial charge in [0.15, 0.2) is 11.5 Å². The summed E-state index contributed by atoms with van der Waals surface area (Å²) in [5.74, 6) is 0.993. The molecule has 2 aromatic carbocycles. The summed E-state index contributed by atoms with van der Waals surface area (Å²) in [5.41, 5.74) is 2.07. The zero-order valence-corrected chi connectivity index (χ0v) is 15.6. The van der Waals surface area contributed by atoms with Crippen LogP contribution in [-0.2, 0) is 11.3 Å². The number of hydrogen-bond donors (Lipinski definition) is 2. The smallest absolute Gasteiger partial charge is 0.251 e. The summed E-state index contributed by atoms with van der Waals surface area (Å²) in [5, 5.41) is 5.58. The third-order valence-corrected chi connectivity index (χ3v) is 5.25. The van der Waals surface area contributed by atoms with Crippen molar-refractivity contribution in [2.75, 3.05) is 19.5 Å². The van der Waals surface area contributed by atoms with E-state index < -0.39 is 0 Å². The lowest BCUT2D eigenvalue weighted by atomic mass is 10.1. The standard InChI is InChI=1S/C19H20N2O4S/c1-11-18(22)21-14-9-13(5-7-17(14)26-11)19(23)20-10-12-4-6-15(24-2)16(8-12)25-3/h4-9,11H,10H2,1-3H3,(H,20,23)(H,21,22)/t11-/m0/s1. The second-order valence-electron chi connectivity index (χ2n) is 5.83. The van der Waals surface area contributed by atoms with Crippen LogP contribution in [0.15, 0.2) is 41.3 Å². The normalized spacial score (nSPS) is 15.7. The Morgan fingerprint density at radius 2 is 1.92 bits per heavy atom. The number of carbonyl (C=O) groups is 2. The van der Waals surface area contributed by atoms with E-state index in [0.717, 1.165) is 10.5 Å². The molecule has 7 heteroatoms. The maximum atomic E-state index is 12.4. The Balaban J connectivity index is 1.69. The lowest BCUT2D eigenvalue weighted by molar-refractivity contribution is -0.115. The van der Waals surface area contributed by atoms with E-state index in [1.54, 1.807) is 32.4 Å². The number of hydrogen-bond acceptors (Lipinski definition) is 5. The third-order valence-electron chi connectivity index (χ3n) is 4.07. The van der Waals surface area contributed by atoms with Crippen molar-refractivity contribution in [1.82, 2.24) is 5.32 Å². The maximum Gasteiger partial charge on any atom is 0.251 e. The second kappa shape index (κ2) is 7.70. The number of ether oxygens (including phenoxy) is 2. The number of nitrogens with one attached hydrogen (secondary N) is 2. The monoisotopic (exact) mass is 372 g/mol. The summed E-state index contributed by atoms with van der Waals surface area (Å²) in [4.78, 5) is 25.2. The van der Waals surface area contributed by atoms with Gasteiger partial charge in [-0.25, -0.2) is 0 Å². The van der Waals surface area contributed by atoms with E-state index in [2.05, 4.69) is 10.6 Å². The Hall–Kier alpha value is -2.67. The fourth-order valence-corrected chi connectivity index (χ4v) is 3.56. The Morgan fingerprint density at radius 3 is 2.65 bits per heavy atom. The first kappa shape index (κ1) is 18.1. The summed E-state index contributed by atoms with van der Waals surface area (Å²) in [6.45, 7) is 2.21. The van der Waals surface area contributed by atoms with Crippen LogP contribution in [0.25, 0.3) is 0 Å². The predicted octanol–water partition coefficient (Wildman–Crippen LogP) is 3.07. The summed E-state index contributed by atoms with van der Waals surface area (Å²) in [6.07, 6.45) is 0. The van der Waals surface area contributed by atoms with Crippen molar-refractivity contribution < 1.29 is 19.1 Å². The summed E-state index contributed by atoms with van der Waals surface area (Å²) in [6, 6.07) is 10.8. The van der Waals surface area contributed by atoms with Gasteiger partial charge in [0.25, 0.3) is 5.91 Å². The highest BCUT2D eigenvalue weighted by atomic mass is 32.2. The van der Waals surface area contributed by atoms with E-state index in [4.69, 9.17) is 9.47 Å². The molecule has 2 amide bonds. The zero-order valence-electron chi connectivity index (χ0n) is 14.8. The molecule has 6 nitrogen and oxygen atoms in total. The number of fused-ring (bicyclic) bond motifs is 1. The molecule has 136 valence electrons. The summed E-state index contributed by atoms with van der Waals surface area (Å²) >= 11 is 1.49. The van der Waals surface area contributed by atoms with Gasteiger partial charge in [0.05, 0.1) is 25.2 Å². The minimum Gasteiger partial charge on any atom is -0.493 e. The van der Waals surface area contributed by atoms with Gasteiger partial charge >= 0.3 is 0 Å². The van der Waals surface area contributed by atoms with Crippen molar-refractivity contribution in [2.45, 2.75) is 23.6 Å². The molecule has 0 saturated heterocycles. The van der Waals surface area contributed by atoms with E-state index in [-0.39, 0.29) is 17.1 Å². The fourth-order valence-electron chi connectivity index (χ4n) is 2.63. The van der Waals surface area contributed by atoms with Gasteiger partial charge in [-0.3, -0.25) is 9.59 Å². The van der Waals surface area contributed by atoms with Crippen molar-refractivity contribution in [3.05, 3.63) is 47.5 Å². The van der Waals surface area contributed by atoms with Gasteiger partial charge in [0, 0.05) is 17.0 Å². The number of rotatable bonds is 5. The Bertz CT molecular complexity index is 853. The van der Waals surface area contributed by atoms with Crippen LogP contribution in [0.3, 0.4) is 0 Å². The van der Waals surface area contributed by atoms with Crippen molar-refractivity contribution in [3.63, 3.8) is 0 Å².